The first-order valence-electron chi connectivity index (χ1n) is 16.5. The van der Waals surface area contributed by atoms with Gasteiger partial charge < -0.3 is 5.32 Å². The molecule has 0 bridgehead atoms. The number of hydrogen-bond acceptors (Lipinski definition) is 2. The fourth-order valence-corrected chi connectivity index (χ4v) is 7.12. The molecule has 1 saturated carbocycles. The Morgan fingerprint density at radius 2 is 1.63 bits per heavy atom. The van der Waals surface area contributed by atoms with Crippen LogP contribution in [-0.4, -0.2) is 4.98 Å². The van der Waals surface area contributed by atoms with Crippen LogP contribution in [0.1, 0.15) is 42.5 Å². The number of dihydropyridines is 1. The Kier molecular flexibility index (Phi) is 7.56. The van der Waals surface area contributed by atoms with E-state index >= 15 is 0 Å². The molecule has 4 aliphatic rings. The summed E-state index contributed by atoms with van der Waals surface area (Å²) in [7, 11) is 0. The normalized spacial score (nSPS) is 23.2. The van der Waals surface area contributed by atoms with Crippen LogP contribution in [0.3, 0.4) is 0 Å². The number of nitrogens with zero attached hydrogens (tertiary/aromatic N) is 1. The second-order valence-corrected chi connectivity index (χ2v) is 12.9. The number of nitrogens with one attached hydrogen (secondary N) is 1. The largest absolute Gasteiger partial charge is 0.381 e. The van der Waals surface area contributed by atoms with Crippen LogP contribution in [0, 0.1) is 17.8 Å². The fourth-order valence-electron chi connectivity index (χ4n) is 7.12. The highest BCUT2D eigenvalue weighted by atomic mass is 14.9. The minimum atomic E-state index is 0.118. The van der Waals surface area contributed by atoms with Crippen LogP contribution in [0.4, 0.5) is 0 Å². The number of fused-ring (bicyclic) bond motifs is 1. The first kappa shape index (κ1) is 28.3. The number of aromatic nitrogens is 1. The van der Waals surface area contributed by atoms with Gasteiger partial charge in [0.15, 0.2) is 0 Å². The third kappa shape index (κ3) is 5.79. The number of benzene rings is 3. The van der Waals surface area contributed by atoms with E-state index in [4.69, 9.17) is 4.98 Å². The van der Waals surface area contributed by atoms with Crippen LogP contribution < -0.4 is 5.32 Å². The van der Waals surface area contributed by atoms with Crippen molar-refractivity contribution in [1.82, 2.24) is 10.3 Å². The van der Waals surface area contributed by atoms with Crippen molar-refractivity contribution in [3.8, 4) is 22.4 Å². The molecule has 2 heteroatoms. The predicted octanol–water partition coefficient (Wildman–Crippen LogP) is 10.7. The van der Waals surface area contributed by atoms with Crippen LogP contribution in [-0.2, 0) is 0 Å². The maximum absolute atomic E-state index is 4.75. The van der Waals surface area contributed by atoms with Crippen LogP contribution >= 0.6 is 0 Å². The maximum Gasteiger partial charge on any atom is 0.0708 e. The van der Waals surface area contributed by atoms with Gasteiger partial charge >= 0.3 is 0 Å². The summed E-state index contributed by atoms with van der Waals surface area (Å²) in [4.78, 5) is 4.75. The van der Waals surface area contributed by atoms with Crippen molar-refractivity contribution in [2.45, 2.75) is 25.8 Å². The summed E-state index contributed by atoms with van der Waals surface area (Å²) in [6.07, 6.45) is 27.2. The summed E-state index contributed by atoms with van der Waals surface area (Å²) in [5.74, 6) is 1.77. The van der Waals surface area contributed by atoms with Crippen molar-refractivity contribution in [3.63, 3.8) is 0 Å². The Hall–Kier alpha value is -5.21. The lowest BCUT2D eigenvalue weighted by Crippen LogP contribution is -2.16. The summed E-state index contributed by atoms with van der Waals surface area (Å²) < 4.78 is 0. The summed E-state index contributed by atoms with van der Waals surface area (Å²) >= 11 is 0. The summed E-state index contributed by atoms with van der Waals surface area (Å²) in [6.45, 7) is 2.34. The van der Waals surface area contributed by atoms with E-state index in [9.17, 15) is 0 Å². The van der Waals surface area contributed by atoms with Crippen molar-refractivity contribution in [2.75, 3.05) is 0 Å². The summed E-state index contributed by atoms with van der Waals surface area (Å²) in [6, 6.07) is 32.8. The second-order valence-electron chi connectivity index (χ2n) is 12.9. The molecule has 4 atom stereocenters. The Bertz CT molecular complexity index is 1980. The zero-order valence-electron chi connectivity index (χ0n) is 26.2. The van der Waals surface area contributed by atoms with Crippen LogP contribution in [0.15, 0.2) is 169 Å². The molecular formula is C44H38N2. The Labute approximate surface area is 272 Å². The van der Waals surface area contributed by atoms with Gasteiger partial charge in [-0.1, -0.05) is 109 Å². The summed E-state index contributed by atoms with van der Waals surface area (Å²) in [5.41, 5.74) is 13.7. The number of rotatable bonds is 7. The van der Waals surface area contributed by atoms with Crippen molar-refractivity contribution in [3.05, 3.63) is 186 Å². The SMILES string of the molecule is CC1=C(/C=C(/c2cc(C3=CC(c4ccccc4)NC=C3)cc(-c3ccnc(-c4ccccc4)c3)c2)C2C=CC=CC2)C=CC2CC12. The average Bonchev–Trinajstić information content (AvgIpc) is 3.94. The first-order valence-corrected chi connectivity index (χ1v) is 16.5. The molecule has 0 amide bonds. The van der Waals surface area contributed by atoms with Crippen molar-refractivity contribution >= 4 is 11.1 Å². The van der Waals surface area contributed by atoms with Crippen molar-refractivity contribution in [2.24, 2.45) is 17.8 Å². The quantitative estimate of drug-likeness (QED) is 0.230. The molecule has 1 fully saturated rings. The van der Waals surface area contributed by atoms with Crippen molar-refractivity contribution < 1.29 is 0 Å². The van der Waals surface area contributed by atoms with Crippen LogP contribution in [0.25, 0.3) is 33.5 Å². The van der Waals surface area contributed by atoms with Gasteiger partial charge in [-0.05, 0) is 125 Å². The lowest BCUT2D eigenvalue weighted by molar-refractivity contribution is 0.749. The summed E-state index contributed by atoms with van der Waals surface area (Å²) in [5, 5.41) is 3.56. The maximum atomic E-state index is 4.75. The topological polar surface area (TPSA) is 24.9 Å². The molecule has 4 unspecified atom stereocenters. The fraction of sp³-hybridized carbons (Fsp3) is 0.159. The predicted molar refractivity (Wildman–Crippen MR) is 192 cm³/mol. The van der Waals surface area contributed by atoms with Gasteiger partial charge in [0.05, 0.1) is 11.7 Å². The lowest BCUT2D eigenvalue weighted by atomic mass is 9.82. The molecule has 0 radical (unpaired) electrons. The zero-order valence-corrected chi connectivity index (χ0v) is 26.2. The van der Waals surface area contributed by atoms with Gasteiger partial charge in [0.25, 0.3) is 0 Å². The van der Waals surface area contributed by atoms with Gasteiger partial charge in [0, 0.05) is 17.7 Å². The van der Waals surface area contributed by atoms with E-state index in [-0.39, 0.29) is 6.04 Å². The number of pyridine rings is 1. The molecule has 0 spiro atoms. The van der Waals surface area contributed by atoms with Gasteiger partial charge in [-0.3, -0.25) is 4.98 Å². The minimum Gasteiger partial charge on any atom is -0.381 e. The minimum absolute atomic E-state index is 0.118. The standard InChI is InChI=1S/C44H38N2/c1-30-34(17-18-37-27-41(30)37)26-42(31-11-5-2-6-12-31)40-24-38(35-19-21-45-43(28-35)32-13-7-3-8-14-32)23-39(25-40)36-20-22-46-44(29-36)33-15-9-4-10-16-33/h2-11,13-26,28-29,31,37,41,43,45H,12,27H2,1H3/b42-26+. The molecule has 1 N–H and O–H groups in total. The smallest absolute Gasteiger partial charge is 0.0708 e. The van der Waals surface area contributed by atoms with Gasteiger partial charge in [-0.2, -0.15) is 0 Å². The molecule has 2 heterocycles. The molecular weight excluding hydrogens is 556 g/mol. The van der Waals surface area contributed by atoms with Crippen molar-refractivity contribution in [1.29, 1.82) is 0 Å². The van der Waals surface area contributed by atoms with E-state index in [0.29, 0.717) is 5.92 Å². The molecule has 2 nitrogen and oxygen atoms in total. The molecule has 4 aromatic rings. The van der Waals surface area contributed by atoms with Crippen LogP contribution in [0.2, 0.25) is 0 Å². The third-order valence-corrected chi connectivity index (χ3v) is 9.87. The van der Waals surface area contributed by atoms with E-state index in [1.54, 1.807) is 0 Å². The van der Waals surface area contributed by atoms with E-state index < -0.39 is 0 Å². The Morgan fingerprint density at radius 1 is 0.804 bits per heavy atom. The van der Waals surface area contributed by atoms with E-state index in [0.717, 1.165) is 29.5 Å². The third-order valence-electron chi connectivity index (χ3n) is 9.87. The monoisotopic (exact) mass is 594 g/mol. The van der Waals surface area contributed by atoms with E-state index in [1.807, 2.05) is 6.20 Å². The van der Waals surface area contributed by atoms with E-state index in [1.165, 1.54) is 56.5 Å². The van der Waals surface area contributed by atoms with E-state index in [2.05, 4.69) is 164 Å². The lowest BCUT2D eigenvalue weighted by Gasteiger charge is -2.23. The van der Waals surface area contributed by atoms with Gasteiger partial charge in [0.1, 0.15) is 0 Å². The van der Waals surface area contributed by atoms with Gasteiger partial charge in [-0.15, -0.1) is 0 Å². The zero-order chi connectivity index (χ0) is 30.9. The second kappa shape index (κ2) is 12.3. The molecule has 46 heavy (non-hydrogen) atoms. The Morgan fingerprint density at radius 3 is 2.46 bits per heavy atom. The molecule has 1 aromatic heterocycles. The van der Waals surface area contributed by atoms with Crippen LogP contribution in [0.5, 0.6) is 0 Å². The highest BCUT2D eigenvalue weighted by Crippen LogP contribution is 2.50. The highest BCUT2D eigenvalue weighted by Gasteiger charge is 2.38. The molecule has 8 rings (SSSR count). The molecule has 3 aromatic carbocycles. The van der Waals surface area contributed by atoms with Gasteiger partial charge in [-0.25, -0.2) is 0 Å². The Balaban J connectivity index is 1.29. The molecule has 1 aliphatic heterocycles. The number of hydrogen-bond donors (Lipinski definition) is 1. The number of allylic oxidation sites excluding steroid dienone is 12. The molecule has 0 saturated heterocycles. The molecule has 224 valence electrons. The first-order chi connectivity index (χ1) is 22.7. The molecule has 3 aliphatic carbocycles. The highest BCUT2D eigenvalue weighted by molar-refractivity contribution is 5.85. The van der Waals surface area contributed by atoms with Gasteiger partial charge in [0.2, 0.25) is 0 Å². The average molecular weight is 595 g/mol.